The van der Waals surface area contributed by atoms with Gasteiger partial charge in [-0.25, -0.2) is 4.79 Å². The van der Waals surface area contributed by atoms with E-state index in [0.29, 0.717) is 5.56 Å². The quantitative estimate of drug-likeness (QED) is 0.809. The van der Waals surface area contributed by atoms with Gasteiger partial charge in [-0.2, -0.15) is 0 Å². The summed E-state index contributed by atoms with van der Waals surface area (Å²) in [5.74, 6) is 1.79. The second kappa shape index (κ2) is 4.63. The minimum atomic E-state index is -0.861. The van der Waals surface area contributed by atoms with Gasteiger partial charge in [0, 0.05) is 12.2 Å². The minimum absolute atomic E-state index is 0.356. The van der Waals surface area contributed by atoms with Gasteiger partial charge in [-0.05, 0) is 61.6 Å². The van der Waals surface area contributed by atoms with Crippen molar-refractivity contribution >= 4 is 11.7 Å². The third-order valence-electron chi connectivity index (χ3n) is 4.11. The van der Waals surface area contributed by atoms with Gasteiger partial charge in [-0.3, -0.25) is 0 Å². The summed E-state index contributed by atoms with van der Waals surface area (Å²) in [6, 6.07) is 7.10. The zero-order valence-electron chi connectivity index (χ0n) is 10.4. The van der Waals surface area contributed by atoms with Gasteiger partial charge in [0.2, 0.25) is 0 Å². The Morgan fingerprint density at radius 2 is 1.94 bits per heavy atom. The van der Waals surface area contributed by atoms with Gasteiger partial charge in [-0.15, -0.1) is 0 Å². The Kier molecular flexibility index (Phi) is 2.98. The second-order valence-corrected chi connectivity index (χ2v) is 5.61. The monoisotopic (exact) mass is 245 g/mol. The van der Waals surface area contributed by atoms with E-state index >= 15 is 0 Å². The third-order valence-corrected chi connectivity index (χ3v) is 4.11. The summed E-state index contributed by atoms with van der Waals surface area (Å²) in [6.07, 6.45) is 5.55. The van der Waals surface area contributed by atoms with Crippen LogP contribution in [0.5, 0.6) is 0 Å². The number of hydrogen-bond donors (Lipinski definition) is 2. The van der Waals surface area contributed by atoms with Crippen molar-refractivity contribution in [2.24, 2.45) is 17.8 Å². The maximum atomic E-state index is 10.9. The Morgan fingerprint density at radius 3 is 2.50 bits per heavy atom. The summed E-state index contributed by atoms with van der Waals surface area (Å²) in [5, 5.41) is 12.4. The predicted octanol–water partition coefficient (Wildman–Crippen LogP) is 3.23. The number of rotatable bonds is 6. The minimum Gasteiger partial charge on any atom is -0.478 e. The highest BCUT2D eigenvalue weighted by Crippen LogP contribution is 2.49. The lowest BCUT2D eigenvalue weighted by Crippen LogP contribution is -2.18. The summed E-state index contributed by atoms with van der Waals surface area (Å²) < 4.78 is 0. The largest absolute Gasteiger partial charge is 0.478 e. The average Bonchev–Trinajstić information content (AvgIpc) is 3.23. The molecule has 2 saturated carbocycles. The number of carbonyl (C=O) groups is 1. The fourth-order valence-corrected chi connectivity index (χ4v) is 2.76. The van der Waals surface area contributed by atoms with E-state index in [1.54, 1.807) is 18.2 Å². The van der Waals surface area contributed by atoms with Crippen LogP contribution in [0.4, 0.5) is 5.69 Å². The fraction of sp³-hybridized carbons (Fsp3) is 0.533. The summed E-state index contributed by atoms with van der Waals surface area (Å²) >= 11 is 0. The standard InChI is InChI=1S/C15H19NO2/c17-15(18)12-2-1-3-13(8-12)16-9-14(10-4-5-10)11-6-7-11/h1-3,8,10-11,14,16H,4-7,9H2,(H,17,18). The van der Waals surface area contributed by atoms with Gasteiger partial charge >= 0.3 is 5.97 Å². The first-order valence-electron chi connectivity index (χ1n) is 6.81. The first kappa shape index (κ1) is 11.6. The van der Waals surface area contributed by atoms with E-state index in [0.717, 1.165) is 30.0 Å². The lowest BCUT2D eigenvalue weighted by Gasteiger charge is -2.17. The van der Waals surface area contributed by atoms with Crippen molar-refractivity contribution in [3.05, 3.63) is 29.8 Å². The van der Waals surface area contributed by atoms with Crippen LogP contribution >= 0.6 is 0 Å². The summed E-state index contributed by atoms with van der Waals surface area (Å²) in [7, 11) is 0. The second-order valence-electron chi connectivity index (χ2n) is 5.61. The SMILES string of the molecule is O=C(O)c1cccc(NCC(C2CC2)C2CC2)c1. The molecule has 2 aliphatic rings. The number of nitrogens with one attached hydrogen (secondary N) is 1. The van der Waals surface area contributed by atoms with Gasteiger partial charge in [0.25, 0.3) is 0 Å². The molecule has 2 N–H and O–H groups in total. The van der Waals surface area contributed by atoms with Crippen LogP contribution in [0.2, 0.25) is 0 Å². The molecule has 0 atom stereocenters. The molecule has 1 aromatic carbocycles. The zero-order chi connectivity index (χ0) is 12.5. The molecule has 0 bridgehead atoms. The molecule has 0 saturated heterocycles. The van der Waals surface area contributed by atoms with Crippen molar-refractivity contribution in [3.63, 3.8) is 0 Å². The molecule has 2 aliphatic carbocycles. The lowest BCUT2D eigenvalue weighted by atomic mass is 9.98. The molecule has 1 aromatic rings. The van der Waals surface area contributed by atoms with Crippen LogP contribution in [0.25, 0.3) is 0 Å². The van der Waals surface area contributed by atoms with Crippen molar-refractivity contribution < 1.29 is 9.90 Å². The Morgan fingerprint density at radius 1 is 1.28 bits per heavy atom. The molecular weight excluding hydrogens is 226 g/mol. The molecule has 0 unspecified atom stereocenters. The van der Waals surface area contributed by atoms with Crippen LogP contribution in [-0.2, 0) is 0 Å². The summed E-state index contributed by atoms with van der Waals surface area (Å²) in [6.45, 7) is 0.998. The third kappa shape index (κ3) is 2.66. The van der Waals surface area contributed by atoms with E-state index in [1.165, 1.54) is 25.7 Å². The number of benzene rings is 1. The maximum absolute atomic E-state index is 10.9. The van der Waals surface area contributed by atoms with Crippen LogP contribution in [0.3, 0.4) is 0 Å². The zero-order valence-corrected chi connectivity index (χ0v) is 10.4. The molecular formula is C15H19NO2. The topological polar surface area (TPSA) is 49.3 Å². The normalized spacial score (nSPS) is 18.9. The average molecular weight is 245 g/mol. The predicted molar refractivity (Wildman–Crippen MR) is 70.8 cm³/mol. The van der Waals surface area contributed by atoms with Gasteiger partial charge in [0.1, 0.15) is 0 Å². The first-order valence-corrected chi connectivity index (χ1v) is 6.81. The molecule has 0 heterocycles. The van der Waals surface area contributed by atoms with Gasteiger partial charge in [0.05, 0.1) is 5.56 Å². The Hall–Kier alpha value is -1.51. The van der Waals surface area contributed by atoms with E-state index < -0.39 is 5.97 Å². The van der Waals surface area contributed by atoms with Crippen LogP contribution < -0.4 is 5.32 Å². The molecule has 18 heavy (non-hydrogen) atoms. The number of anilines is 1. The molecule has 2 fully saturated rings. The van der Waals surface area contributed by atoms with Crippen LogP contribution in [0.15, 0.2) is 24.3 Å². The highest BCUT2D eigenvalue weighted by Gasteiger charge is 2.40. The molecule has 0 radical (unpaired) electrons. The van der Waals surface area contributed by atoms with Crippen molar-refractivity contribution in [2.45, 2.75) is 25.7 Å². The molecule has 3 nitrogen and oxygen atoms in total. The molecule has 96 valence electrons. The highest BCUT2D eigenvalue weighted by atomic mass is 16.4. The van der Waals surface area contributed by atoms with Crippen molar-refractivity contribution in [2.75, 3.05) is 11.9 Å². The van der Waals surface area contributed by atoms with Crippen molar-refractivity contribution in [1.82, 2.24) is 0 Å². The molecule has 0 aliphatic heterocycles. The van der Waals surface area contributed by atoms with Crippen molar-refractivity contribution in [3.8, 4) is 0 Å². The summed E-state index contributed by atoms with van der Waals surface area (Å²) in [5.41, 5.74) is 1.29. The van der Waals surface area contributed by atoms with Gasteiger partial charge < -0.3 is 10.4 Å². The van der Waals surface area contributed by atoms with E-state index in [2.05, 4.69) is 5.32 Å². The summed E-state index contributed by atoms with van der Waals surface area (Å²) in [4.78, 5) is 10.9. The van der Waals surface area contributed by atoms with E-state index in [9.17, 15) is 4.79 Å². The van der Waals surface area contributed by atoms with E-state index in [4.69, 9.17) is 5.11 Å². The Balaban J connectivity index is 1.61. The van der Waals surface area contributed by atoms with Crippen LogP contribution in [0.1, 0.15) is 36.0 Å². The van der Waals surface area contributed by atoms with Gasteiger partial charge in [-0.1, -0.05) is 6.07 Å². The highest BCUT2D eigenvalue weighted by molar-refractivity contribution is 5.88. The fourth-order valence-electron chi connectivity index (χ4n) is 2.76. The first-order chi connectivity index (χ1) is 8.74. The molecule has 3 rings (SSSR count). The smallest absolute Gasteiger partial charge is 0.335 e. The molecule has 0 aromatic heterocycles. The lowest BCUT2D eigenvalue weighted by molar-refractivity contribution is 0.0697. The number of carboxylic acids is 1. The van der Waals surface area contributed by atoms with Gasteiger partial charge in [0.15, 0.2) is 0 Å². The maximum Gasteiger partial charge on any atom is 0.335 e. The van der Waals surface area contributed by atoms with E-state index in [1.807, 2.05) is 6.07 Å². The number of carboxylic acid groups (broad SMARTS) is 1. The molecule has 0 spiro atoms. The Bertz CT molecular complexity index is 438. The van der Waals surface area contributed by atoms with Crippen LogP contribution in [0, 0.1) is 17.8 Å². The molecule has 3 heteroatoms. The van der Waals surface area contributed by atoms with E-state index in [-0.39, 0.29) is 0 Å². The van der Waals surface area contributed by atoms with Crippen LogP contribution in [-0.4, -0.2) is 17.6 Å². The molecule has 0 amide bonds. The van der Waals surface area contributed by atoms with Crippen molar-refractivity contribution in [1.29, 1.82) is 0 Å². The number of hydrogen-bond acceptors (Lipinski definition) is 2. The number of aromatic carboxylic acids is 1. The Labute approximate surface area is 107 Å².